The fraction of sp³-hybridized carbons (Fsp3) is 0.667. The Morgan fingerprint density at radius 2 is 2.17 bits per heavy atom. The van der Waals surface area contributed by atoms with E-state index in [1.165, 1.54) is 25.7 Å². The quantitative estimate of drug-likeness (QED) is 0.870. The minimum absolute atomic E-state index is 0.434. The number of aromatic nitrogens is 1. The fourth-order valence-electron chi connectivity index (χ4n) is 2.62. The van der Waals surface area contributed by atoms with Gasteiger partial charge in [-0.15, -0.1) is 0 Å². The second-order valence-electron chi connectivity index (χ2n) is 5.36. The van der Waals surface area contributed by atoms with Crippen LogP contribution >= 0.6 is 0 Å². The van der Waals surface area contributed by atoms with Crippen LogP contribution in [-0.4, -0.2) is 18.1 Å². The molecule has 1 aliphatic carbocycles. The number of hydrogen-bond donors (Lipinski definition) is 1. The second-order valence-corrected chi connectivity index (χ2v) is 5.36. The molecule has 1 N–H and O–H groups in total. The van der Waals surface area contributed by atoms with Crippen LogP contribution in [-0.2, 0) is 17.9 Å². The molecule has 0 radical (unpaired) electrons. The molecule has 18 heavy (non-hydrogen) atoms. The molecule has 2 rings (SSSR count). The van der Waals surface area contributed by atoms with Crippen molar-refractivity contribution in [3.05, 3.63) is 29.6 Å². The second kappa shape index (κ2) is 6.86. The molecule has 3 nitrogen and oxygen atoms in total. The molecule has 0 spiro atoms. The molecular formula is C15H24N2O. The molecule has 2 unspecified atom stereocenters. The van der Waals surface area contributed by atoms with E-state index in [1.54, 1.807) is 0 Å². The van der Waals surface area contributed by atoms with Gasteiger partial charge in [0.2, 0.25) is 0 Å². The molecule has 3 heteroatoms. The van der Waals surface area contributed by atoms with Crippen molar-refractivity contribution >= 4 is 0 Å². The molecule has 0 aromatic carbocycles. The first-order valence-corrected chi connectivity index (χ1v) is 6.99. The summed E-state index contributed by atoms with van der Waals surface area (Å²) in [7, 11) is 1.94. The van der Waals surface area contributed by atoms with Crippen molar-refractivity contribution in [1.82, 2.24) is 10.3 Å². The van der Waals surface area contributed by atoms with Gasteiger partial charge in [0.05, 0.1) is 24.1 Å². The van der Waals surface area contributed by atoms with Gasteiger partial charge in [0.1, 0.15) is 0 Å². The maximum absolute atomic E-state index is 5.99. The zero-order chi connectivity index (χ0) is 12.8. The van der Waals surface area contributed by atoms with Gasteiger partial charge in [0, 0.05) is 6.54 Å². The van der Waals surface area contributed by atoms with Crippen LogP contribution in [0, 0.1) is 5.92 Å². The first kappa shape index (κ1) is 13.5. The molecule has 0 amide bonds. The Bertz CT molecular complexity index is 367. The van der Waals surface area contributed by atoms with E-state index in [-0.39, 0.29) is 0 Å². The predicted molar refractivity (Wildman–Crippen MR) is 73.2 cm³/mol. The summed E-state index contributed by atoms with van der Waals surface area (Å²) in [4.78, 5) is 4.58. The number of hydrogen-bond acceptors (Lipinski definition) is 3. The Hall–Kier alpha value is -0.930. The van der Waals surface area contributed by atoms with Gasteiger partial charge in [-0.25, -0.2) is 0 Å². The van der Waals surface area contributed by atoms with Crippen LogP contribution in [0.25, 0.3) is 0 Å². The van der Waals surface area contributed by atoms with Crippen LogP contribution in [0.5, 0.6) is 0 Å². The average molecular weight is 248 g/mol. The molecule has 100 valence electrons. The van der Waals surface area contributed by atoms with Gasteiger partial charge in [-0.05, 0) is 37.9 Å². The predicted octanol–water partition coefficient (Wildman–Crippen LogP) is 2.90. The lowest BCUT2D eigenvalue weighted by molar-refractivity contribution is 0.00315. The maximum Gasteiger partial charge on any atom is 0.0891 e. The van der Waals surface area contributed by atoms with Gasteiger partial charge in [0.25, 0.3) is 0 Å². The van der Waals surface area contributed by atoms with Crippen molar-refractivity contribution in [2.75, 3.05) is 7.05 Å². The van der Waals surface area contributed by atoms with Gasteiger partial charge >= 0.3 is 0 Å². The molecule has 1 saturated carbocycles. The smallest absolute Gasteiger partial charge is 0.0891 e. The van der Waals surface area contributed by atoms with Gasteiger partial charge in [-0.3, -0.25) is 4.98 Å². The summed E-state index contributed by atoms with van der Waals surface area (Å²) in [6.07, 6.45) is 5.51. The van der Waals surface area contributed by atoms with Crippen molar-refractivity contribution in [3.63, 3.8) is 0 Å². The normalized spacial score (nSPS) is 24.1. The van der Waals surface area contributed by atoms with Crippen LogP contribution in [0.15, 0.2) is 18.2 Å². The van der Waals surface area contributed by atoms with Crippen LogP contribution in [0.4, 0.5) is 0 Å². The van der Waals surface area contributed by atoms with Crippen LogP contribution in [0.3, 0.4) is 0 Å². The lowest BCUT2D eigenvalue weighted by Crippen LogP contribution is -2.21. The zero-order valence-electron chi connectivity index (χ0n) is 11.5. The molecule has 0 aliphatic heterocycles. The molecule has 0 bridgehead atoms. The first-order chi connectivity index (χ1) is 8.78. The summed E-state index contributed by atoms with van der Waals surface area (Å²) in [5.41, 5.74) is 2.12. The Morgan fingerprint density at radius 1 is 1.33 bits per heavy atom. The van der Waals surface area contributed by atoms with Crippen LogP contribution in [0.1, 0.15) is 44.0 Å². The molecular weight excluding hydrogens is 224 g/mol. The molecule has 1 heterocycles. The van der Waals surface area contributed by atoms with E-state index < -0.39 is 0 Å². The molecule has 1 aromatic rings. The Morgan fingerprint density at radius 3 is 2.94 bits per heavy atom. The minimum Gasteiger partial charge on any atom is -0.372 e. The van der Waals surface area contributed by atoms with Gasteiger partial charge < -0.3 is 10.1 Å². The maximum atomic E-state index is 5.99. The molecule has 0 saturated heterocycles. The average Bonchev–Trinajstić information content (AvgIpc) is 2.37. The number of nitrogens with one attached hydrogen (secondary N) is 1. The number of nitrogens with zero attached hydrogens (tertiary/aromatic N) is 1. The van der Waals surface area contributed by atoms with E-state index in [0.29, 0.717) is 12.7 Å². The Balaban J connectivity index is 1.83. The van der Waals surface area contributed by atoms with Gasteiger partial charge in [0.15, 0.2) is 0 Å². The summed E-state index contributed by atoms with van der Waals surface area (Å²) < 4.78 is 5.99. The van der Waals surface area contributed by atoms with Crippen LogP contribution in [0.2, 0.25) is 0 Å². The van der Waals surface area contributed by atoms with E-state index in [4.69, 9.17) is 4.74 Å². The number of rotatable bonds is 5. The third-order valence-corrected chi connectivity index (χ3v) is 3.58. The monoisotopic (exact) mass is 248 g/mol. The standard InChI is InChI=1S/C15H24N2O/c1-12-5-3-8-15(9-12)18-11-14-7-4-6-13(17-14)10-16-2/h4,6-7,12,15-16H,3,5,8-11H2,1-2H3. The lowest BCUT2D eigenvalue weighted by atomic mass is 9.89. The molecule has 2 atom stereocenters. The fourth-order valence-corrected chi connectivity index (χ4v) is 2.62. The first-order valence-electron chi connectivity index (χ1n) is 6.99. The van der Waals surface area contributed by atoms with E-state index in [2.05, 4.69) is 23.3 Å². The highest BCUT2D eigenvalue weighted by Crippen LogP contribution is 2.26. The third kappa shape index (κ3) is 4.07. The Labute approximate surface area is 110 Å². The van der Waals surface area contributed by atoms with Crippen molar-refractivity contribution in [2.45, 2.75) is 51.9 Å². The Kier molecular flexibility index (Phi) is 5.14. The third-order valence-electron chi connectivity index (χ3n) is 3.58. The summed E-state index contributed by atoms with van der Waals surface area (Å²) in [5, 5.41) is 3.12. The van der Waals surface area contributed by atoms with Crippen LogP contribution < -0.4 is 5.32 Å². The minimum atomic E-state index is 0.434. The van der Waals surface area contributed by atoms with Gasteiger partial charge in [-0.2, -0.15) is 0 Å². The summed E-state index contributed by atoms with van der Waals surface area (Å²) in [6.45, 7) is 3.78. The molecule has 1 fully saturated rings. The van der Waals surface area contributed by atoms with Crippen molar-refractivity contribution in [3.8, 4) is 0 Å². The lowest BCUT2D eigenvalue weighted by Gasteiger charge is -2.26. The van der Waals surface area contributed by atoms with E-state index in [9.17, 15) is 0 Å². The highest BCUT2D eigenvalue weighted by Gasteiger charge is 2.19. The number of pyridine rings is 1. The van der Waals surface area contributed by atoms with Crippen molar-refractivity contribution in [2.24, 2.45) is 5.92 Å². The molecule has 1 aliphatic rings. The summed E-state index contributed by atoms with van der Waals surface area (Å²) in [6, 6.07) is 6.15. The highest BCUT2D eigenvalue weighted by molar-refractivity contribution is 5.10. The summed E-state index contributed by atoms with van der Waals surface area (Å²) in [5.74, 6) is 0.812. The van der Waals surface area contributed by atoms with Crippen molar-refractivity contribution in [1.29, 1.82) is 0 Å². The summed E-state index contributed by atoms with van der Waals surface area (Å²) >= 11 is 0. The van der Waals surface area contributed by atoms with Crippen molar-refractivity contribution < 1.29 is 4.74 Å². The van der Waals surface area contributed by atoms with Gasteiger partial charge in [-0.1, -0.05) is 25.8 Å². The largest absolute Gasteiger partial charge is 0.372 e. The SMILES string of the molecule is CNCc1cccc(COC2CCCC(C)C2)n1. The van der Waals surface area contributed by atoms with E-state index in [0.717, 1.165) is 23.9 Å². The topological polar surface area (TPSA) is 34.1 Å². The zero-order valence-corrected chi connectivity index (χ0v) is 11.5. The number of ether oxygens (including phenoxy) is 1. The molecule has 1 aromatic heterocycles. The highest BCUT2D eigenvalue weighted by atomic mass is 16.5. The van der Waals surface area contributed by atoms with E-state index in [1.807, 2.05) is 19.2 Å². The van der Waals surface area contributed by atoms with E-state index >= 15 is 0 Å².